The third-order valence-electron chi connectivity index (χ3n) is 6.20. The molecule has 1 amide bonds. The van der Waals surface area contributed by atoms with Crippen molar-refractivity contribution >= 4 is 39.2 Å². The number of aryl methyl sites for hydroxylation is 1. The molecule has 5 rings (SSSR count). The minimum absolute atomic E-state index is 0.0319. The zero-order valence-electron chi connectivity index (χ0n) is 18.1. The van der Waals surface area contributed by atoms with Crippen molar-refractivity contribution in [3.8, 4) is 5.69 Å². The lowest BCUT2D eigenvalue weighted by molar-refractivity contribution is -0.119. The number of ether oxygens (including phenoxy) is 1. The van der Waals surface area contributed by atoms with E-state index >= 15 is 0 Å². The third kappa shape index (κ3) is 4.36. The molecule has 1 N–H and O–H groups in total. The summed E-state index contributed by atoms with van der Waals surface area (Å²) in [6.45, 7) is 3.57. The van der Waals surface area contributed by atoms with Gasteiger partial charge in [0, 0.05) is 18.0 Å². The van der Waals surface area contributed by atoms with Crippen LogP contribution in [0.1, 0.15) is 36.6 Å². The molecule has 32 heavy (non-hydrogen) atoms. The third-order valence-corrected chi connectivity index (χ3v) is 8.28. The second-order valence-electron chi connectivity index (χ2n) is 8.63. The summed E-state index contributed by atoms with van der Waals surface area (Å²) in [7, 11) is 0. The number of para-hydroxylation sites is 1. The summed E-state index contributed by atoms with van der Waals surface area (Å²) in [4.78, 5) is 33.2. The number of hydrogen-bond acceptors (Lipinski definition) is 6. The molecule has 0 bridgehead atoms. The highest BCUT2D eigenvalue weighted by molar-refractivity contribution is 7.99. The van der Waals surface area contributed by atoms with Gasteiger partial charge in [0.2, 0.25) is 5.91 Å². The molecule has 2 atom stereocenters. The topological polar surface area (TPSA) is 73.2 Å². The average molecular weight is 470 g/mol. The van der Waals surface area contributed by atoms with Crippen molar-refractivity contribution in [3.05, 3.63) is 51.1 Å². The molecule has 3 aromatic rings. The number of amides is 1. The highest BCUT2D eigenvalue weighted by Crippen LogP contribution is 2.37. The number of thiophene rings is 1. The fourth-order valence-corrected chi connectivity index (χ4v) is 6.75. The molecule has 2 aromatic heterocycles. The molecule has 2 aliphatic rings. The Morgan fingerprint density at radius 2 is 2.16 bits per heavy atom. The molecular formula is C24H27N3O3S2. The Morgan fingerprint density at radius 1 is 1.31 bits per heavy atom. The summed E-state index contributed by atoms with van der Waals surface area (Å²) in [6.07, 6.45) is 5.19. The van der Waals surface area contributed by atoms with E-state index in [-0.39, 0.29) is 23.3 Å². The van der Waals surface area contributed by atoms with Crippen molar-refractivity contribution in [1.82, 2.24) is 14.9 Å². The Hall–Kier alpha value is -2.16. The number of carbonyl (C=O) groups is 1. The molecule has 0 radical (unpaired) electrons. The van der Waals surface area contributed by atoms with Gasteiger partial charge in [-0.25, -0.2) is 4.98 Å². The van der Waals surface area contributed by atoms with Gasteiger partial charge in [0.25, 0.3) is 5.56 Å². The van der Waals surface area contributed by atoms with Gasteiger partial charge in [0.05, 0.1) is 22.9 Å². The molecule has 0 spiro atoms. The first-order valence-electron chi connectivity index (χ1n) is 11.2. The van der Waals surface area contributed by atoms with E-state index in [1.165, 1.54) is 22.2 Å². The Labute approximate surface area is 195 Å². The van der Waals surface area contributed by atoms with Crippen molar-refractivity contribution in [2.45, 2.75) is 50.3 Å². The lowest BCUT2D eigenvalue weighted by Crippen LogP contribution is -2.33. The molecule has 1 aliphatic heterocycles. The molecule has 8 heteroatoms. The molecule has 3 heterocycles. The monoisotopic (exact) mass is 469 g/mol. The van der Waals surface area contributed by atoms with Crippen LogP contribution in [0.5, 0.6) is 0 Å². The minimum atomic E-state index is -0.0706. The zero-order valence-corrected chi connectivity index (χ0v) is 19.8. The van der Waals surface area contributed by atoms with Crippen LogP contribution in [0.4, 0.5) is 0 Å². The summed E-state index contributed by atoms with van der Waals surface area (Å²) >= 11 is 2.96. The second-order valence-corrected chi connectivity index (χ2v) is 10.7. The van der Waals surface area contributed by atoms with Gasteiger partial charge in [-0.1, -0.05) is 36.9 Å². The van der Waals surface area contributed by atoms with Gasteiger partial charge in [-0.2, -0.15) is 0 Å². The average Bonchev–Trinajstić information content (AvgIpc) is 3.44. The summed E-state index contributed by atoms with van der Waals surface area (Å²) < 4.78 is 7.25. The van der Waals surface area contributed by atoms with Crippen LogP contribution in [-0.2, 0) is 22.4 Å². The van der Waals surface area contributed by atoms with Crippen LogP contribution < -0.4 is 10.9 Å². The highest BCUT2D eigenvalue weighted by atomic mass is 32.2. The smallest absolute Gasteiger partial charge is 0.267 e. The maximum atomic E-state index is 13.7. The van der Waals surface area contributed by atoms with Gasteiger partial charge in [-0.3, -0.25) is 14.2 Å². The van der Waals surface area contributed by atoms with Crippen LogP contribution >= 0.6 is 23.1 Å². The Balaban J connectivity index is 1.46. The first-order chi connectivity index (χ1) is 15.6. The first kappa shape index (κ1) is 21.7. The maximum Gasteiger partial charge on any atom is 0.267 e. The van der Waals surface area contributed by atoms with Gasteiger partial charge in [0.15, 0.2) is 5.16 Å². The van der Waals surface area contributed by atoms with E-state index in [0.717, 1.165) is 54.6 Å². The van der Waals surface area contributed by atoms with Crippen molar-refractivity contribution in [3.63, 3.8) is 0 Å². The fourth-order valence-electron chi connectivity index (χ4n) is 4.49. The van der Waals surface area contributed by atoms with Gasteiger partial charge in [-0.15, -0.1) is 11.3 Å². The number of carbonyl (C=O) groups excluding carboxylic acids is 1. The number of rotatable bonds is 6. The number of thioether (sulfide) groups is 1. The molecule has 1 aliphatic carbocycles. The molecule has 1 aromatic carbocycles. The van der Waals surface area contributed by atoms with E-state index in [0.29, 0.717) is 17.6 Å². The fraction of sp³-hybridized carbons (Fsp3) is 0.458. The summed E-state index contributed by atoms with van der Waals surface area (Å²) in [5.74, 6) is 0.770. The first-order valence-corrected chi connectivity index (χ1v) is 13.0. The zero-order chi connectivity index (χ0) is 22.1. The molecule has 1 saturated heterocycles. The van der Waals surface area contributed by atoms with Gasteiger partial charge in [-0.05, 0) is 55.7 Å². The highest BCUT2D eigenvalue weighted by Gasteiger charge is 2.25. The van der Waals surface area contributed by atoms with Crippen molar-refractivity contribution < 1.29 is 9.53 Å². The largest absolute Gasteiger partial charge is 0.376 e. The number of benzene rings is 1. The van der Waals surface area contributed by atoms with E-state index in [1.54, 1.807) is 15.9 Å². The molecular weight excluding hydrogens is 442 g/mol. The van der Waals surface area contributed by atoms with Gasteiger partial charge in [0.1, 0.15) is 4.83 Å². The van der Waals surface area contributed by atoms with Crippen LogP contribution in [0.2, 0.25) is 0 Å². The minimum Gasteiger partial charge on any atom is -0.376 e. The number of nitrogens with zero attached hydrogens (tertiary/aromatic N) is 2. The Kier molecular flexibility index (Phi) is 6.35. The number of fused-ring (bicyclic) bond motifs is 3. The van der Waals surface area contributed by atoms with Gasteiger partial charge < -0.3 is 10.1 Å². The Bertz CT molecular complexity index is 1180. The summed E-state index contributed by atoms with van der Waals surface area (Å²) in [5.41, 5.74) is 1.92. The van der Waals surface area contributed by atoms with E-state index in [4.69, 9.17) is 9.72 Å². The molecule has 0 unspecified atom stereocenters. The molecule has 6 nitrogen and oxygen atoms in total. The number of aromatic nitrogens is 2. The van der Waals surface area contributed by atoms with E-state index in [2.05, 4.69) is 12.2 Å². The van der Waals surface area contributed by atoms with E-state index < -0.39 is 0 Å². The van der Waals surface area contributed by atoms with Crippen molar-refractivity contribution in [2.75, 3.05) is 18.9 Å². The summed E-state index contributed by atoms with van der Waals surface area (Å²) in [6, 6.07) is 9.59. The van der Waals surface area contributed by atoms with Crippen LogP contribution in [0.3, 0.4) is 0 Å². The van der Waals surface area contributed by atoms with Crippen LogP contribution in [0.15, 0.2) is 40.3 Å². The number of hydrogen-bond donors (Lipinski definition) is 1. The predicted octanol–water partition coefficient (Wildman–Crippen LogP) is 3.96. The summed E-state index contributed by atoms with van der Waals surface area (Å²) in [5, 5.41) is 4.27. The second kappa shape index (κ2) is 9.37. The Morgan fingerprint density at radius 3 is 2.94 bits per heavy atom. The maximum absolute atomic E-state index is 13.7. The molecule has 168 valence electrons. The standard InChI is InChI=1S/C24H27N3O3S2/c1-15-9-10-18-19(12-15)32-22-21(18)23(29)27(16-6-3-2-4-7-16)24(26-22)31-14-20(28)25-13-17-8-5-11-30-17/h2-4,6-7,15,17H,5,8-14H2,1H3,(H,25,28)/t15-,17-/m1/s1. The van der Waals surface area contributed by atoms with Crippen molar-refractivity contribution in [1.29, 1.82) is 0 Å². The van der Waals surface area contributed by atoms with Gasteiger partial charge >= 0.3 is 0 Å². The van der Waals surface area contributed by atoms with Crippen molar-refractivity contribution in [2.24, 2.45) is 5.92 Å². The lowest BCUT2D eigenvalue weighted by atomic mass is 9.89. The molecule has 0 saturated carbocycles. The predicted molar refractivity (Wildman–Crippen MR) is 129 cm³/mol. The van der Waals surface area contributed by atoms with Crippen LogP contribution in [0, 0.1) is 5.92 Å². The van der Waals surface area contributed by atoms with E-state index in [9.17, 15) is 9.59 Å². The quantitative estimate of drug-likeness (QED) is 0.437. The van der Waals surface area contributed by atoms with E-state index in [1.807, 2.05) is 30.3 Å². The SMILES string of the molecule is C[C@@H]1CCc2c(sc3nc(SCC(=O)NC[C@H]4CCCO4)n(-c4ccccc4)c(=O)c23)C1. The van der Waals surface area contributed by atoms with Crippen LogP contribution in [-0.4, -0.2) is 40.5 Å². The molecule has 1 fully saturated rings. The lowest BCUT2D eigenvalue weighted by Gasteiger charge is -2.18. The number of nitrogens with one attached hydrogen (secondary N) is 1. The van der Waals surface area contributed by atoms with Crippen LogP contribution in [0.25, 0.3) is 15.9 Å². The normalized spacial score (nSPS) is 20.4.